The Morgan fingerprint density at radius 2 is 1.93 bits per heavy atom. The molecule has 14 heavy (non-hydrogen) atoms. The van der Waals surface area contributed by atoms with Gasteiger partial charge in [0.2, 0.25) is 0 Å². The Bertz CT molecular complexity index is 359. The standard InChI is InChI=1S/C8H7Cl2N3S/c9-6-1-5(2-7(10)3-6)4-12-13-8(11)14/h1-4H,(H3,11,13,14). The van der Waals surface area contributed by atoms with Crippen LogP contribution < -0.4 is 11.2 Å². The van der Waals surface area contributed by atoms with Crippen LogP contribution in [0.4, 0.5) is 0 Å². The first kappa shape index (κ1) is 11.2. The van der Waals surface area contributed by atoms with Gasteiger partial charge >= 0.3 is 0 Å². The largest absolute Gasteiger partial charge is 0.375 e. The summed E-state index contributed by atoms with van der Waals surface area (Å²) in [7, 11) is 0. The number of halogens is 2. The predicted octanol–water partition coefficient (Wildman–Crippen LogP) is 2.16. The van der Waals surface area contributed by atoms with Crippen molar-refractivity contribution in [3.63, 3.8) is 0 Å². The Balaban J connectivity index is 2.76. The molecule has 0 aromatic heterocycles. The molecule has 0 aliphatic rings. The second-order valence-electron chi connectivity index (χ2n) is 2.44. The van der Waals surface area contributed by atoms with Crippen LogP contribution in [0.5, 0.6) is 0 Å². The van der Waals surface area contributed by atoms with E-state index in [0.29, 0.717) is 10.0 Å². The van der Waals surface area contributed by atoms with Crippen molar-refractivity contribution in [2.24, 2.45) is 10.8 Å². The highest BCUT2D eigenvalue weighted by Gasteiger charge is 1.94. The summed E-state index contributed by atoms with van der Waals surface area (Å²) in [6, 6.07) is 5.08. The lowest BCUT2D eigenvalue weighted by atomic mass is 10.2. The van der Waals surface area contributed by atoms with E-state index in [-0.39, 0.29) is 5.11 Å². The maximum absolute atomic E-state index is 5.77. The van der Waals surface area contributed by atoms with Crippen LogP contribution in [0.25, 0.3) is 0 Å². The number of nitrogens with two attached hydrogens (primary N) is 1. The normalized spacial score (nSPS) is 10.4. The summed E-state index contributed by atoms with van der Waals surface area (Å²) in [4.78, 5) is 0. The van der Waals surface area contributed by atoms with E-state index >= 15 is 0 Å². The molecule has 0 aliphatic carbocycles. The molecule has 1 rings (SSSR count). The summed E-state index contributed by atoms with van der Waals surface area (Å²) in [5.41, 5.74) is 8.37. The first-order valence-corrected chi connectivity index (χ1v) is 4.79. The Morgan fingerprint density at radius 3 is 2.43 bits per heavy atom. The highest BCUT2D eigenvalue weighted by atomic mass is 35.5. The molecular formula is C8H7Cl2N3S. The second-order valence-corrected chi connectivity index (χ2v) is 3.75. The topological polar surface area (TPSA) is 50.4 Å². The fourth-order valence-corrected chi connectivity index (χ4v) is 1.42. The van der Waals surface area contributed by atoms with Gasteiger partial charge in [-0.2, -0.15) is 5.10 Å². The molecule has 0 fully saturated rings. The molecule has 0 heterocycles. The van der Waals surface area contributed by atoms with Gasteiger partial charge < -0.3 is 5.73 Å². The van der Waals surface area contributed by atoms with Crippen LogP contribution in [0.1, 0.15) is 5.56 Å². The number of nitrogens with one attached hydrogen (secondary N) is 1. The molecule has 0 saturated heterocycles. The minimum absolute atomic E-state index is 0.106. The molecule has 0 aliphatic heterocycles. The van der Waals surface area contributed by atoms with Crippen LogP contribution in [0, 0.1) is 0 Å². The van der Waals surface area contributed by atoms with Crippen molar-refractivity contribution >= 4 is 46.7 Å². The maximum atomic E-state index is 5.77. The summed E-state index contributed by atoms with van der Waals surface area (Å²) >= 11 is 16.1. The highest BCUT2D eigenvalue weighted by Crippen LogP contribution is 2.17. The minimum atomic E-state index is 0.106. The van der Waals surface area contributed by atoms with Crippen LogP contribution in [-0.2, 0) is 0 Å². The van der Waals surface area contributed by atoms with Gasteiger partial charge in [0.15, 0.2) is 5.11 Å². The molecule has 0 radical (unpaired) electrons. The van der Waals surface area contributed by atoms with Crippen molar-refractivity contribution in [3.05, 3.63) is 33.8 Å². The Labute approximate surface area is 96.9 Å². The zero-order valence-corrected chi connectivity index (χ0v) is 9.33. The van der Waals surface area contributed by atoms with E-state index in [2.05, 4.69) is 22.7 Å². The number of hydrogen-bond donors (Lipinski definition) is 2. The van der Waals surface area contributed by atoms with Crippen molar-refractivity contribution in [1.82, 2.24) is 5.43 Å². The van der Waals surface area contributed by atoms with Crippen LogP contribution in [0.15, 0.2) is 23.3 Å². The number of hydrazone groups is 1. The fraction of sp³-hybridized carbons (Fsp3) is 0. The van der Waals surface area contributed by atoms with E-state index in [1.165, 1.54) is 6.21 Å². The van der Waals surface area contributed by atoms with Gasteiger partial charge in [-0.1, -0.05) is 23.2 Å². The van der Waals surface area contributed by atoms with E-state index in [9.17, 15) is 0 Å². The lowest BCUT2D eigenvalue weighted by molar-refractivity contribution is 1.04. The van der Waals surface area contributed by atoms with Crippen LogP contribution in [0.3, 0.4) is 0 Å². The Hall–Kier alpha value is -0.840. The molecule has 74 valence electrons. The first-order chi connectivity index (χ1) is 6.58. The van der Waals surface area contributed by atoms with Gasteiger partial charge in [-0.3, -0.25) is 5.43 Å². The number of hydrogen-bond acceptors (Lipinski definition) is 2. The monoisotopic (exact) mass is 247 g/mol. The Morgan fingerprint density at radius 1 is 1.36 bits per heavy atom. The van der Waals surface area contributed by atoms with Gasteiger partial charge in [-0.05, 0) is 36.0 Å². The minimum Gasteiger partial charge on any atom is -0.375 e. The SMILES string of the molecule is NC(=S)NN=Cc1cc(Cl)cc(Cl)c1. The van der Waals surface area contributed by atoms with E-state index in [0.717, 1.165) is 5.56 Å². The van der Waals surface area contributed by atoms with Crippen LogP contribution in [0.2, 0.25) is 10.0 Å². The summed E-state index contributed by atoms with van der Waals surface area (Å²) in [6.45, 7) is 0. The molecule has 0 saturated carbocycles. The molecule has 3 nitrogen and oxygen atoms in total. The first-order valence-electron chi connectivity index (χ1n) is 3.62. The summed E-state index contributed by atoms with van der Waals surface area (Å²) in [5, 5.41) is 4.97. The van der Waals surface area contributed by atoms with E-state index in [1.807, 2.05) is 0 Å². The van der Waals surface area contributed by atoms with Gasteiger partial charge in [0.05, 0.1) is 6.21 Å². The third kappa shape index (κ3) is 3.91. The maximum Gasteiger partial charge on any atom is 0.184 e. The summed E-state index contributed by atoms with van der Waals surface area (Å²) < 4.78 is 0. The molecule has 3 N–H and O–H groups in total. The van der Waals surface area contributed by atoms with Gasteiger partial charge in [0.25, 0.3) is 0 Å². The van der Waals surface area contributed by atoms with Crippen molar-refractivity contribution in [2.75, 3.05) is 0 Å². The Kier molecular flexibility index (Phi) is 4.13. The third-order valence-electron chi connectivity index (χ3n) is 1.27. The fourth-order valence-electron chi connectivity index (χ4n) is 0.820. The molecule has 0 bridgehead atoms. The average molecular weight is 248 g/mol. The number of nitrogens with zero attached hydrogens (tertiary/aromatic N) is 1. The van der Waals surface area contributed by atoms with Crippen molar-refractivity contribution in [1.29, 1.82) is 0 Å². The van der Waals surface area contributed by atoms with Crippen molar-refractivity contribution < 1.29 is 0 Å². The van der Waals surface area contributed by atoms with Gasteiger partial charge in [-0.15, -0.1) is 0 Å². The van der Waals surface area contributed by atoms with Crippen LogP contribution >= 0.6 is 35.4 Å². The number of benzene rings is 1. The zero-order chi connectivity index (χ0) is 10.6. The molecule has 6 heteroatoms. The van der Waals surface area contributed by atoms with Gasteiger partial charge in [-0.25, -0.2) is 0 Å². The zero-order valence-electron chi connectivity index (χ0n) is 7.00. The number of thiocarbonyl (C=S) groups is 1. The van der Waals surface area contributed by atoms with Gasteiger partial charge in [0.1, 0.15) is 0 Å². The summed E-state index contributed by atoms with van der Waals surface area (Å²) in [5.74, 6) is 0. The third-order valence-corrected chi connectivity index (χ3v) is 1.80. The smallest absolute Gasteiger partial charge is 0.184 e. The molecule has 0 atom stereocenters. The van der Waals surface area contributed by atoms with E-state index < -0.39 is 0 Å². The molecule has 1 aromatic rings. The van der Waals surface area contributed by atoms with E-state index in [4.69, 9.17) is 28.9 Å². The second kappa shape index (κ2) is 5.14. The lowest BCUT2D eigenvalue weighted by Crippen LogP contribution is -2.23. The van der Waals surface area contributed by atoms with Crippen LogP contribution in [-0.4, -0.2) is 11.3 Å². The summed E-state index contributed by atoms with van der Waals surface area (Å²) in [6.07, 6.45) is 1.52. The molecule has 0 amide bonds. The lowest BCUT2D eigenvalue weighted by Gasteiger charge is -1.97. The predicted molar refractivity (Wildman–Crippen MR) is 64.0 cm³/mol. The average Bonchev–Trinajstić information content (AvgIpc) is 2.01. The van der Waals surface area contributed by atoms with Gasteiger partial charge in [0, 0.05) is 10.0 Å². The molecule has 0 spiro atoms. The molecule has 0 unspecified atom stereocenters. The molecular weight excluding hydrogens is 241 g/mol. The quantitative estimate of drug-likeness (QED) is 0.479. The van der Waals surface area contributed by atoms with Crippen molar-refractivity contribution in [2.45, 2.75) is 0 Å². The molecule has 1 aromatic carbocycles. The van der Waals surface area contributed by atoms with Crippen molar-refractivity contribution in [3.8, 4) is 0 Å². The highest BCUT2D eigenvalue weighted by molar-refractivity contribution is 7.80. The number of rotatable bonds is 2. The van der Waals surface area contributed by atoms with E-state index in [1.54, 1.807) is 18.2 Å².